The molecule has 0 saturated carbocycles. The summed E-state index contributed by atoms with van der Waals surface area (Å²) in [6.07, 6.45) is 2.01. The molecule has 2 N–H and O–H groups in total. The summed E-state index contributed by atoms with van der Waals surface area (Å²) in [5, 5.41) is 3.63. The molecule has 0 saturated heterocycles. The van der Waals surface area contributed by atoms with E-state index in [4.69, 9.17) is 18.0 Å². The maximum absolute atomic E-state index is 11.8. The van der Waals surface area contributed by atoms with Crippen molar-refractivity contribution in [3.8, 4) is 0 Å². The molecule has 0 spiro atoms. The highest BCUT2D eigenvalue weighted by Gasteiger charge is 2.15. The smallest absolute Gasteiger partial charge is 0.267 e. The Hall–Kier alpha value is -1.08. The van der Waals surface area contributed by atoms with Gasteiger partial charge in [0.15, 0.2) is 0 Å². The van der Waals surface area contributed by atoms with Crippen LogP contribution in [0, 0.1) is 0 Å². The average Bonchev–Trinajstić information content (AvgIpc) is 2.70. The fourth-order valence-corrected chi connectivity index (χ4v) is 1.64. The van der Waals surface area contributed by atoms with Crippen LogP contribution in [0.15, 0.2) is 6.20 Å². The number of rotatable bonds is 5. The zero-order valence-corrected chi connectivity index (χ0v) is 9.98. The van der Waals surface area contributed by atoms with Gasteiger partial charge in [-0.3, -0.25) is 4.79 Å². The van der Waals surface area contributed by atoms with Crippen molar-refractivity contribution >= 4 is 34.6 Å². The predicted molar refractivity (Wildman–Crippen MR) is 62.9 cm³/mol. The Balaban J connectivity index is 2.59. The third kappa shape index (κ3) is 3.52. The van der Waals surface area contributed by atoms with E-state index in [9.17, 15) is 4.79 Å². The van der Waals surface area contributed by atoms with Gasteiger partial charge < -0.3 is 10.6 Å². The molecule has 0 unspecified atom stereocenters. The van der Waals surface area contributed by atoms with Gasteiger partial charge in [0.1, 0.15) is 4.88 Å². The molecule has 0 aliphatic heterocycles. The van der Waals surface area contributed by atoms with Gasteiger partial charge >= 0.3 is 0 Å². The monoisotopic (exact) mass is 244 g/mol. The molecular weight excluding hydrogens is 232 g/mol. The minimum absolute atomic E-state index is 0.0660. The number of hydrogen-bond donors (Lipinski definition) is 1. The number of hydrogen-bond acceptors (Lipinski definition) is 5. The van der Waals surface area contributed by atoms with E-state index in [0.717, 1.165) is 11.5 Å². The van der Waals surface area contributed by atoms with Gasteiger partial charge in [0.2, 0.25) is 0 Å². The van der Waals surface area contributed by atoms with Crippen molar-refractivity contribution in [1.82, 2.24) is 14.5 Å². The molecule has 7 heteroatoms. The lowest BCUT2D eigenvalue weighted by Gasteiger charge is -2.19. The van der Waals surface area contributed by atoms with E-state index in [1.807, 2.05) is 6.92 Å². The second kappa shape index (κ2) is 5.72. The zero-order chi connectivity index (χ0) is 11.3. The number of nitrogens with zero attached hydrogens (tertiary/aromatic N) is 3. The van der Waals surface area contributed by atoms with Crippen LogP contribution in [0.1, 0.15) is 23.0 Å². The standard InChI is InChI=1S/C8H12N4OS2/c1-2-12(4-3-7(9)14)8(13)6-5-10-11-15-6/h5H,2-4H2,1H3,(H2,9,14). The molecule has 1 heterocycles. The molecular formula is C8H12N4OS2. The Kier molecular flexibility index (Phi) is 4.57. The highest BCUT2D eigenvalue weighted by molar-refractivity contribution is 7.80. The first-order valence-electron chi connectivity index (χ1n) is 4.50. The first-order valence-corrected chi connectivity index (χ1v) is 5.68. The Labute approximate surface area is 97.4 Å². The summed E-state index contributed by atoms with van der Waals surface area (Å²) in [4.78, 5) is 14.5. The number of carbonyl (C=O) groups excluding carboxylic acids is 1. The van der Waals surface area contributed by atoms with E-state index in [2.05, 4.69) is 9.59 Å². The van der Waals surface area contributed by atoms with Crippen LogP contribution in [0.5, 0.6) is 0 Å². The third-order valence-electron chi connectivity index (χ3n) is 1.87. The molecule has 0 atom stereocenters. The first-order chi connectivity index (χ1) is 7.15. The highest BCUT2D eigenvalue weighted by atomic mass is 32.1. The Morgan fingerprint density at radius 1 is 1.73 bits per heavy atom. The lowest BCUT2D eigenvalue weighted by Crippen LogP contribution is -2.33. The Bertz CT molecular complexity index is 338. The van der Waals surface area contributed by atoms with E-state index in [0.29, 0.717) is 29.4 Å². The van der Waals surface area contributed by atoms with E-state index in [1.54, 1.807) is 4.90 Å². The molecule has 0 aliphatic rings. The van der Waals surface area contributed by atoms with Crippen LogP contribution in [-0.4, -0.2) is 38.5 Å². The zero-order valence-electron chi connectivity index (χ0n) is 8.34. The summed E-state index contributed by atoms with van der Waals surface area (Å²) in [6, 6.07) is 0. The summed E-state index contributed by atoms with van der Waals surface area (Å²) >= 11 is 5.86. The molecule has 0 radical (unpaired) electrons. The minimum atomic E-state index is -0.0660. The fourth-order valence-electron chi connectivity index (χ4n) is 1.07. The van der Waals surface area contributed by atoms with E-state index in [1.165, 1.54) is 6.20 Å². The summed E-state index contributed by atoms with van der Waals surface area (Å²) in [6.45, 7) is 3.08. The highest BCUT2D eigenvalue weighted by Crippen LogP contribution is 2.07. The van der Waals surface area contributed by atoms with Crippen molar-refractivity contribution in [3.63, 3.8) is 0 Å². The van der Waals surface area contributed by atoms with Gasteiger partial charge in [-0.25, -0.2) is 0 Å². The quantitative estimate of drug-likeness (QED) is 0.771. The van der Waals surface area contributed by atoms with Gasteiger partial charge in [-0.15, -0.1) is 5.10 Å². The maximum Gasteiger partial charge on any atom is 0.267 e. The number of amides is 1. The summed E-state index contributed by atoms with van der Waals surface area (Å²) in [5.74, 6) is -0.0660. The second-order valence-electron chi connectivity index (χ2n) is 2.88. The van der Waals surface area contributed by atoms with Crippen LogP contribution in [0.25, 0.3) is 0 Å². The van der Waals surface area contributed by atoms with Gasteiger partial charge in [0, 0.05) is 19.5 Å². The van der Waals surface area contributed by atoms with Crippen molar-refractivity contribution < 1.29 is 4.79 Å². The number of nitrogens with two attached hydrogens (primary N) is 1. The average molecular weight is 244 g/mol. The summed E-state index contributed by atoms with van der Waals surface area (Å²) in [7, 11) is 0. The van der Waals surface area contributed by atoms with Crippen LogP contribution in [-0.2, 0) is 0 Å². The summed E-state index contributed by atoms with van der Waals surface area (Å²) in [5.41, 5.74) is 5.39. The van der Waals surface area contributed by atoms with Crippen LogP contribution in [0.4, 0.5) is 0 Å². The van der Waals surface area contributed by atoms with Gasteiger partial charge in [-0.1, -0.05) is 16.7 Å². The number of aromatic nitrogens is 2. The Morgan fingerprint density at radius 2 is 2.47 bits per heavy atom. The fraction of sp³-hybridized carbons (Fsp3) is 0.500. The lowest BCUT2D eigenvalue weighted by molar-refractivity contribution is 0.0773. The number of thiocarbonyl (C=S) groups is 1. The van der Waals surface area contributed by atoms with Crippen molar-refractivity contribution in [2.75, 3.05) is 13.1 Å². The van der Waals surface area contributed by atoms with E-state index >= 15 is 0 Å². The van der Waals surface area contributed by atoms with Gasteiger partial charge in [0.05, 0.1) is 11.2 Å². The van der Waals surface area contributed by atoms with Crippen LogP contribution in [0.2, 0.25) is 0 Å². The molecule has 0 fully saturated rings. The van der Waals surface area contributed by atoms with Crippen LogP contribution < -0.4 is 5.73 Å². The topological polar surface area (TPSA) is 72.1 Å². The normalized spacial score (nSPS) is 9.93. The third-order valence-corrected chi connectivity index (χ3v) is 2.73. The molecule has 1 aromatic rings. The molecule has 0 aromatic carbocycles. The molecule has 1 rings (SSSR count). The van der Waals surface area contributed by atoms with Crippen molar-refractivity contribution in [2.45, 2.75) is 13.3 Å². The molecule has 15 heavy (non-hydrogen) atoms. The molecule has 0 bridgehead atoms. The van der Waals surface area contributed by atoms with Crippen LogP contribution >= 0.6 is 23.8 Å². The van der Waals surface area contributed by atoms with Crippen molar-refractivity contribution in [3.05, 3.63) is 11.1 Å². The first kappa shape index (κ1) is 12.0. The van der Waals surface area contributed by atoms with Gasteiger partial charge in [-0.2, -0.15) is 0 Å². The molecule has 1 aromatic heterocycles. The molecule has 1 amide bonds. The largest absolute Gasteiger partial charge is 0.393 e. The second-order valence-corrected chi connectivity index (χ2v) is 4.19. The molecule has 0 aliphatic carbocycles. The van der Waals surface area contributed by atoms with Crippen LogP contribution in [0.3, 0.4) is 0 Å². The van der Waals surface area contributed by atoms with Gasteiger partial charge in [0.25, 0.3) is 5.91 Å². The van der Waals surface area contributed by atoms with Crippen molar-refractivity contribution in [2.24, 2.45) is 5.73 Å². The Morgan fingerprint density at radius 3 is 2.93 bits per heavy atom. The van der Waals surface area contributed by atoms with Crippen molar-refractivity contribution in [1.29, 1.82) is 0 Å². The molecule has 5 nitrogen and oxygen atoms in total. The number of carbonyl (C=O) groups is 1. The minimum Gasteiger partial charge on any atom is -0.393 e. The van der Waals surface area contributed by atoms with E-state index < -0.39 is 0 Å². The summed E-state index contributed by atoms with van der Waals surface area (Å²) < 4.78 is 3.65. The molecule has 82 valence electrons. The SMILES string of the molecule is CCN(CCC(N)=S)C(=O)c1cnns1. The predicted octanol–water partition coefficient (Wildman–Crippen LogP) is 0.676. The van der Waals surface area contributed by atoms with E-state index in [-0.39, 0.29) is 5.91 Å². The van der Waals surface area contributed by atoms with Gasteiger partial charge in [-0.05, 0) is 18.5 Å². The lowest BCUT2D eigenvalue weighted by atomic mass is 10.3. The maximum atomic E-state index is 11.8.